The Morgan fingerprint density at radius 1 is 1.20 bits per heavy atom. The molecule has 0 saturated carbocycles. The Morgan fingerprint density at radius 2 is 2.00 bits per heavy atom. The predicted molar refractivity (Wildman–Crippen MR) is 81.5 cm³/mol. The number of rotatable bonds is 11. The fraction of sp³-hybridized carbons (Fsp3) is 0.562. The molecule has 0 aromatic heterocycles. The molecule has 0 spiro atoms. The summed E-state index contributed by atoms with van der Waals surface area (Å²) in [4.78, 5) is 11.0. The highest BCUT2D eigenvalue weighted by Gasteiger charge is 1.98. The summed E-state index contributed by atoms with van der Waals surface area (Å²) in [6, 6.07) is 7.96. The molecule has 20 heavy (non-hydrogen) atoms. The van der Waals surface area contributed by atoms with Crippen LogP contribution in [0.4, 0.5) is 5.69 Å². The van der Waals surface area contributed by atoms with Crippen molar-refractivity contribution in [2.24, 2.45) is 0 Å². The van der Waals surface area contributed by atoms with Crippen LogP contribution in [0.25, 0.3) is 0 Å². The van der Waals surface area contributed by atoms with Gasteiger partial charge in [0.05, 0.1) is 6.61 Å². The van der Waals surface area contributed by atoms with Crippen LogP contribution in [0.2, 0.25) is 0 Å². The minimum Gasteiger partial charge on any atom is -0.494 e. The largest absolute Gasteiger partial charge is 0.494 e. The molecule has 0 aliphatic heterocycles. The van der Waals surface area contributed by atoms with Gasteiger partial charge in [-0.1, -0.05) is 13.0 Å². The summed E-state index contributed by atoms with van der Waals surface area (Å²) >= 11 is 0. The van der Waals surface area contributed by atoms with Crippen molar-refractivity contribution >= 4 is 11.5 Å². The molecule has 0 saturated heterocycles. The zero-order valence-electron chi connectivity index (χ0n) is 12.5. The van der Waals surface area contributed by atoms with Crippen molar-refractivity contribution in [3.05, 3.63) is 24.3 Å². The maximum absolute atomic E-state index is 11.0. The Morgan fingerprint density at radius 3 is 2.75 bits per heavy atom. The Hall–Kier alpha value is -1.55. The van der Waals surface area contributed by atoms with Crippen molar-refractivity contribution in [1.82, 2.24) is 0 Å². The van der Waals surface area contributed by atoms with Gasteiger partial charge in [0.15, 0.2) is 5.78 Å². The quantitative estimate of drug-likeness (QED) is 0.632. The molecule has 1 aromatic carbocycles. The first kappa shape index (κ1) is 16.5. The fourth-order valence-electron chi connectivity index (χ4n) is 1.68. The van der Waals surface area contributed by atoms with Gasteiger partial charge in [-0.15, -0.1) is 0 Å². The number of ether oxygens (including phenoxy) is 2. The second-order valence-electron chi connectivity index (χ2n) is 4.56. The Balaban J connectivity index is 2.09. The standard InChI is InChI=1S/C16H25NO3/c1-3-15(18)13-19-10-5-6-11-20-16-9-7-8-14(12-16)17-4-2/h7-9,12,17H,3-6,10-11,13H2,1-2H3. The number of ketones is 1. The summed E-state index contributed by atoms with van der Waals surface area (Å²) in [7, 11) is 0. The van der Waals surface area contributed by atoms with E-state index in [2.05, 4.69) is 12.2 Å². The van der Waals surface area contributed by atoms with Crippen LogP contribution in [0.5, 0.6) is 5.75 Å². The van der Waals surface area contributed by atoms with Gasteiger partial charge in [0.25, 0.3) is 0 Å². The van der Waals surface area contributed by atoms with E-state index in [1.165, 1.54) is 0 Å². The van der Waals surface area contributed by atoms with Gasteiger partial charge in [-0.2, -0.15) is 0 Å². The van der Waals surface area contributed by atoms with E-state index in [4.69, 9.17) is 9.47 Å². The number of benzene rings is 1. The highest BCUT2D eigenvalue weighted by molar-refractivity contribution is 5.79. The smallest absolute Gasteiger partial charge is 0.158 e. The maximum Gasteiger partial charge on any atom is 0.158 e. The Labute approximate surface area is 121 Å². The number of hydrogen-bond donors (Lipinski definition) is 1. The lowest BCUT2D eigenvalue weighted by molar-refractivity contribution is -0.123. The number of carbonyl (C=O) groups excluding carboxylic acids is 1. The number of Topliss-reactive ketones (excluding diaryl/α,β-unsaturated/α-hetero) is 1. The normalized spacial score (nSPS) is 10.3. The number of hydrogen-bond acceptors (Lipinski definition) is 4. The molecular weight excluding hydrogens is 254 g/mol. The van der Waals surface area contributed by atoms with Crippen LogP contribution in [-0.2, 0) is 9.53 Å². The number of anilines is 1. The van der Waals surface area contributed by atoms with Gasteiger partial charge in [0, 0.05) is 31.3 Å². The molecule has 0 fully saturated rings. The van der Waals surface area contributed by atoms with Crippen LogP contribution < -0.4 is 10.1 Å². The van der Waals surface area contributed by atoms with Crippen molar-refractivity contribution in [1.29, 1.82) is 0 Å². The van der Waals surface area contributed by atoms with Crippen molar-refractivity contribution in [3.63, 3.8) is 0 Å². The lowest BCUT2D eigenvalue weighted by Crippen LogP contribution is -2.08. The van der Waals surface area contributed by atoms with E-state index in [0.717, 1.165) is 30.8 Å². The van der Waals surface area contributed by atoms with Crippen LogP contribution in [0.1, 0.15) is 33.1 Å². The third-order valence-electron chi connectivity index (χ3n) is 2.82. The molecule has 0 amide bonds. The molecule has 1 rings (SSSR count). The first-order valence-corrected chi connectivity index (χ1v) is 7.32. The summed E-state index contributed by atoms with van der Waals surface area (Å²) in [6.07, 6.45) is 2.38. The molecule has 0 unspecified atom stereocenters. The molecule has 0 heterocycles. The highest BCUT2D eigenvalue weighted by atomic mass is 16.5. The Kier molecular flexibility index (Phi) is 8.47. The SMILES string of the molecule is CCNc1cccc(OCCCCOCC(=O)CC)c1. The predicted octanol–water partition coefficient (Wildman–Crippen LogP) is 3.27. The molecule has 0 aliphatic rings. The molecule has 0 aliphatic carbocycles. The van der Waals surface area contributed by atoms with Crippen LogP contribution in [-0.4, -0.2) is 32.1 Å². The zero-order chi connectivity index (χ0) is 14.6. The maximum atomic E-state index is 11.0. The molecule has 1 aromatic rings. The molecular formula is C16H25NO3. The van der Waals surface area contributed by atoms with E-state index in [9.17, 15) is 4.79 Å². The van der Waals surface area contributed by atoms with E-state index in [-0.39, 0.29) is 12.4 Å². The lowest BCUT2D eigenvalue weighted by Gasteiger charge is -2.09. The Bertz CT molecular complexity index is 393. The second-order valence-corrected chi connectivity index (χ2v) is 4.56. The molecule has 0 radical (unpaired) electrons. The fourth-order valence-corrected chi connectivity index (χ4v) is 1.68. The number of carbonyl (C=O) groups is 1. The summed E-state index contributed by atoms with van der Waals surface area (Å²) < 4.78 is 11.0. The van der Waals surface area contributed by atoms with Gasteiger partial charge in [-0.05, 0) is 31.9 Å². The summed E-state index contributed by atoms with van der Waals surface area (Å²) in [6.45, 7) is 6.34. The third kappa shape index (κ3) is 7.14. The van der Waals surface area contributed by atoms with Gasteiger partial charge in [0.2, 0.25) is 0 Å². The summed E-state index contributed by atoms with van der Waals surface area (Å²) in [5.41, 5.74) is 1.08. The van der Waals surface area contributed by atoms with E-state index >= 15 is 0 Å². The molecule has 4 nitrogen and oxygen atoms in total. The third-order valence-corrected chi connectivity index (χ3v) is 2.82. The second kappa shape index (κ2) is 10.3. The number of nitrogens with one attached hydrogen (secondary N) is 1. The topological polar surface area (TPSA) is 47.6 Å². The first-order chi connectivity index (χ1) is 9.76. The monoisotopic (exact) mass is 279 g/mol. The van der Waals surface area contributed by atoms with Gasteiger partial charge in [-0.3, -0.25) is 4.79 Å². The minimum atomic E-state index is 0.154. The first-order valence-electron chi connectivity index (χ1n) is 7.32. The van der Waals surface area contributed by atoms with Crippen LogP contribution >= 0.6 is 0 Å². The molecule has 4 heteroatoms. The average molecular weight is 279 g/mol. The van der Waals surface area contributed by atoms with Crippen molar-refractivity contribution < 1.29 is 14.3 Å². The number of unbranched alkanes of at least 4 members (excludes halogenated alkanes) is 1. The zero-order valence-corrected chi connectivity index (χ0v) is 12.5. The van der Waals surface area contributed by atoms with Crippen molar-refractivity contribution in [2.45, 2.75) is 33.1 Å². The van der Waals surface area contributed by atoms with Crippen LogP contribution in [0, 0.1) is 0 Å². The van der Waals surface area contributed by atoms with Crippen LogP contribution in [0.3, 0.4) is 0 Å². The average Bonchev–Trinajstić information content (AvgIpc) is 2.46. The van der Waals surface area contributed by atoms with Crippen molar-refractivity contribution in [3.8, 4) is 5.75 Å². The van der Waals surface area contributed by atoms with E-state index in [1.807, 2.05) is 31.2 Å². The van der Waals surface area contributed by atoms with Crippen LogP contribution in [0.15, 0.2) is 24.3 Å². The molecule has 0 atom stereocenters. The van der Waals surface area contributed by atoms with Gasteiger partial charge in [-0.25, -0.2) is 0 Å². The van der Waals surface area contributed by atoms with Gasteiger partial charge >= 0.3 is 0 Å². The minimum absolute atomic E-state index is 0.154. The van der Waals surface area contributed by atoms with Gasteiger partial charge < -0.3 is 14.8 Å². The molecule has 112 valence electrons. The van der Waals surface area contributed by atoms with Gasteiger partial charge in [0.1, 0.15) is 12.4 Å². The van der Waals surface area contributed by atoms with E-state index < -0.39 is 0 Å². The van der Waals surface area contributed by atoms with E-state index in [0.29, 0.717) is 19.6 Å². The summed E-state index contributed by atoms with van der Waals surface area (Å²) in [5, 5.41) is 3.25. The summed E-state index contributed by atoms with van der Waals surface area (Å²) in [5.74, 6) is 1.03. The van der Waals surface area contributed by atoms with E-state index in [1.54, 1.807) is 0 Å². The van der Waals surface area contributed by atoms with Crippen molar-refractivity contribution in [2.75, 3.05) is 31.7 Å². The molecule has 1 N–H and O–H groups in total. The highest BCUT2D eigenvalue weighted by Crippen LogP contribution is 2.17. The lowest BCUT2D eigenvalue weighted by atomic mass is 10.3. The molecule has 0 bridgehead atoms.